The average molecular weight is 231 g/mol. The molecule has 0 bridgehead atoms. The molecule has 92 valence electrons. The van der Waals surface area contributed by atoms with Gasteiger partial charge >= 0.3 is 0 Å². The van der Waals surface area contributed by atoms with Crippen LogP contribution in [0.4, 0.5) is 0 Å². The van der Waals surface area contributed by atoms with Crippen molar-refractivity contribution >= 4 is 11.8 Å². The van der Waals surface area contributed by atoms with E-state index in [0.717, 1.165) is 6.54 Å². The molecule has 0 heterocycles. The van der Waals surface area contributed by atoms with Crippen LogP contribution in [0.2, 0.25) is 0 Å². The first-order valence-corrected chi connectivity index (χ1v) is 7.85. The van der Waals surface area contributed by atoms with Gasteiger partial charge in [-0.15, -0.1) is 0 Å². The lowest BCUT2D eigenvalue weighted by Gasteiger charge is -2.01. The van der Waals surface area contributed by atoms with Crippen LogP contribution >= 0.6 is 11.8 Å². The molecule has 0 aromatic rings. The van der Waals surface area contributed by atoms with Crippen LogP contribution < -0.4 is 5.73 Å². The summed E-state index contributed by atoms with van der Waals surface area (Å²) < 4.78 is 0. The summed E-state index contributed by atoms with van der Waals surface area (Å²) >= 11 is 2.07. The minimum absolute atomic E-state index is 0.852. The number of unbranched alkanes of at least 4 members (excludes halogenated alkanes) is 7. The SMILES string of the molecule is CCCCCCCCCCSCCCN. The molecular formula is C13H29NS. The van der Waals surface area contributed by atoms with E-state index in [1.807, 2.05) is 0 Å². The first-order chi connectivity index (χ1) is 7.41. The van der Waals surface area contributed by atoms with Gasteiger partial charge in [0.15, 0.2) is 0 Å². The summed E-state index contributed by atoms with van der Waals surface area (Å²) in [5, 5.41) is 0. The molecule has 1 nitrogen and oxygen atoms in total. The van der Waals surface area contributed by atoms with E-state index < -0.39 is 0 Å². The Labute approximate surface area is 101 Å². The standard InChI is InChI=1S/C13H29NS/c1-2-3-4-5-6-7-8-9-12-15-13-10-11-14/h2-14H2,1H3. The molecule has 0 amide bonds. The van der Waals surface area contributed by atoms with Crippen LogP contribution in [0.25, 0.3) is 0 Å². The van der Waals surface area contributed by atoms with Gasteiger partial charge in [-0.25, -0.2) is 0 Å². The van der Waals surface area contributed by atoms with E-state index in [1.54, 1.807) is 0 Å². The summed E-state index contributed by atoms with van der Waals surface area (Å²) in [6.45, 7) is 3.13. The van der Waals surface area contributed by atoms with Crippen LogP contribution in [0.3, 0.4) is 0 Å². The Hall–Kier alpha value is 0.310. The van der Waals surface area contributed by atoms with Crippen molar-refractivity contribution in [3.05, 3.63) is 0 Å². The molecule has 0 aromatic carbocycles. The summed E-state index contributed by atoms with van der Waals surface area (Å²) in [6, 6.07) is 0. The third-order valence-electron chi connectivity index (χ3n) is 2.64. The second-order valence-electron chi connectivity index (χ2n) is 4.23. The van der Waals surface area contributed by atoms with Gasteiger partial charge in [0.2, 0.25) is 0 Å². The molecule has 0 atom stereocenters. The molecule has 0 radical (unpaired) electrons. The molecule has 0 aliphatic rings. The highest BCUT2D eigenvalue weighted by Crippen LogP contribution is 2.11. The molecule has 0 spiro atoms. The number of hydrogen-bond donors (Lipinski definition) is 1. The minimum atomic E-state index is 0.852. The molecule has 15 heavy (non-hydrogen) atoms. The van der Waals surface area contributed by atoms with Crippen LogP contribution in [-0.2, 0) is 0 Å². The van der Waals surface area contributed by atoms with E-state index in [-0.39, 0.29) is 0 Å². The molecule has 2 heteroatoms. The second kappa shape index (κ2) is 14.3. The van der Waals surface area contributed by atoms with E-state index in [1.165, 1.54) is 69.3 Å². The van der Waals surface area contributed by atoms with Gasteiger partial charge in [0, 0.05) is 0 Å². The first kappa shape index (κ1) is 15.3. The molecule has 0 aliphatic carbocycles. The zero-order valence-corrected chi connectivity index (χ0v) is 11.3. The lowest BCUT2D eigenvalue weighted by molar-refractivity contribution is 0.586. The Morgan fingerprint density at radius 1 is 0.733 bits per heavy atom. The van der Waals surface area contributed by atoms with Crippen molar-refractivity contribution in [1.82, 2.24) is 0 Å². The third-order valence-corrected chi connectivity index (χ3v) is 3.79. The predicted octanol–water partition coefficient (Wildman–Crippen LogP) is 4.21. The monoisotopic (exact) mass is 231 g/mol. The molecule has 0 unspecified atom stereocenters. The maximum Gasteiger partial charge on any atom is -0.00555 e. The Bertz CT molecular complexity index is 94.7. The molecular weight excluding hydrogens is 202 g/mol. The minimum Gasteiger partial charge on any atom is -0.330 e. The Morgan fingerprint density at radius 3 is 1.87 bits per heavy atom. The fourth-order valence-corrected chi connectivity index (χ4v) is 2.61. The van der Waals surface area contributed by atoms with Crippen LogP contribution in [0.1, 0.15) is 64.7 Å². The van der Waals surface area contributed by atoms with Crippen molar-refractivity contribution in [3.8, 4) is 0 Å². The smallest absolute Gasteiger partial charge is 0.00555 e. The highest BCUT2D eigenvalue weighted by molar-refractivity contribution is 7.99. The van der Waals surface area contributed by atoms with Gasteiger partial charge in [-0.05, 0) is 30.9 Å². The summed E-state index contributed by atoms with van der Waals surface area (Å²) in [4.78, 5) is 0. The lowest BCUT2D eigenvalue weighted by atomic mass is 10.1. The van der Waals surface area contributed by atoms with Crippen LogP contribution in [-0.4, -0.2) is 18.1 Å². The van der Waals surface area contributed by atoms with Gasteiger partial charge in [0.25, 0.3) is 0 Å². The highest BCUT2D eigenvalue weighted by Gasteiger charge is 1.92. The van der Waals surface area contributed by atoms with Crippen LogP contribution in [0.15, 0.2) is 0 Å². The van der Waals surface area contributed by atoms with E-state index in [4.69, 9.17) is 5.73 Å². The summed E-state index contributed by atoms with van der Waals surface area (Å²) in [6.07, 6.45) is 12.6. The predicted molar refractivity (Wildman–Crippen MR) is 73.6 cm³/mol. The van der Waals surface area contributed by atoms with E-state index >= 15 is 0 Å². The molecule has 0 fully saturated rings. The van der Waals surface area contributed by atoms with Crippen molar-refractivity contribution in [3.63, 3.8) is 0 Å². The summed E-state index contributed by atoms with van der Waals surface area (Å²) in [5.74, 6) is 2.60. The number of nitrogens with two attached hydrogens (primary N) is 1. The van der Waals surface area contributed by atoms with Crippen molar-refractivity contribution in [2.45, 2.75) is 64.7 Å². The van der Waals surface area contributed by atoms with Crippen molar-refractivity contribution in [2.75, 3.05) is 18.1 Å². The van der Waals surface area contributed by atoms with Crippen molar-refractivity contribution in [1.29, 1.82) is 0 Å². The van der Waals surface area contributed by atoms with Gasteiger partial charge in [0.1, 0.15) is 0 Å². The van der Waals surface area contributed by atoms with Crippen molar-refractivity contribution < 1.29 is 0 Å². The molecule has 0 aliphatic heterocycles. The van der Waals surface area contributed by atoms with Crippen LogP contribution in [0.5, 0.6) is 0 Å². The van der Waals surface area contributed by atoms with Gasteiger partial charge < -0.3 is 5.73 Å². The number of hydrogen-bond acceptors (Lipinski definition) is 2. The molecule has 0 aromatic heterocycles. The largest absolute Gasteiger partial charge is 0.330 e. The summed E-state index contributed by atoms with van der Waals surface area (Å²) in [5.41, 5.74) is 5.44. The normalized spacial score (nSPS) is 10.8. The van der Waals surface area contributed by atoms with Gasteiger partial charge in [0.05, 0.1) is 0 Å². The molecule has 0 rings (SSSR count). The van der Waals surface area contributed by atoms with Gasteiger partial charge in [-0.2, -0.15) is 11.8 Å². The van der Waals surface area contributed by atoms with Gasteiger partial charge in [-0.1, -0.05) is 51.9 Å². The van der Waals surface area contributed by atoms with E-state index in [2.05, 4.69) is 18.7 Å². The fourth-order valence-electron chi connectivity index (χ4n) is 1.63. The number of thioether (sulfide) groups is 1. The zero-order chi connectivity index (χ0) is 11.2. The molecule has 0 saturated heterocycles. The highest BCUT2D eigenvalue weighted by atomic mass is 32.2. The zero-order valence-electron chi connectivity index (χ0n) is 10.5. The fraction of sp³-hybridized carbons (Fsp3) is 1.00. The third kappa shape index (κ3) is 14.3. The second-order valence-corrected chi connectivity index (χ2v) is 5.45. The quantitative estimate of drug-likeness (QED) is 0.509. The molecule has 2 N–H and O–H groups in total. The van der Waals surface area contributed by atoms with E-state index in [0.29, 0.717) is 0 Å². The van der Waals surface area contributed by atoms with Gasteiger partial charge in [-0.3, -0.25) is 0 Å². The Balaban J connectivity index is 2.81. The summed E-state index contributed by atoms with van der Waals surface area (Å²) in [7, 11) is 0. The average Bonchev–Trinajstić information content (AvgIpc) is 2.26. The Kier molecular flexibility index (Phi) is 14.6. The maximum absolute atomic E-state index is 5.44. The number of rotatable bonds is 12. The first-order valence-electron chi connectivity index (χ1n) is 6.69. The van der Waals surface area contributed by atoms with Crippen molar-refractivity contribution in [2.24, 2.45) is 5.73 Å². The van der Waals surface area contributed by atoms with E-state index in [9.17, 15) is 0 Å². The van der Waals surface area contributed by atoms with Crippen LogP contribution in [0, 0.1) is 0 Å². The lowest BCUT2D eigenvalue weighted by Crippen LogP contribution is -1.99. The molecule has 0 saturated carbocycles. The topological polar surface area (TPSA) is 26.0 Å². The maximum atomic E-state index is 5.44. The Morgan fingerprint density at radius 2 is 1.27 bits per heavy atom.